The molecule has 1 aromatic carbocycles. The van der Waals surface area contributed by atoms with Crippen molar-refractivity contribution in [1.82, 2.24) is 0 Å². The summed E-state index contributed by atoms with van der Waals surface area (Å²) in [6.07, 6.45) is 0. The molecule has 0 aliphatic carbocycles. The topological polar surface area (TPSA) is 66.5 Å². The predicted molar refractivity (Wildman–Crippen MR) is 77.5 cm³/mol. The van der Waals surface area contributed by atoms with Gasteiger partial charge in [-0.2, -0.15) is 0 Å². The third-order valence-electron chi connectivity index (χ3n) is 3.34. The average Bonchev–Trinajstić information content (AvgIpc) is 2.32. The van der Waals surface area contributed by atoms with Crippen LogP contribution in [-0.2, 0) is 14.6 Å². The molecule has 1 atom stereocenters. The number of amides is 1. The lowest BCUT2D eigenvalue weighted by Crippen LogP contribution is -2.56. The Bertz CT molecular complexity index is 677. The van der Waals surface area contributed by atoms with Crippen LogP contribution in [-0.4, -0.2) is 38.4 Å². The number of sulfone groups is 1. The molecule has 1 amide bonds. The number of hydrogen-bond acceptors (Lipinski definition) is 4. The van der Waals surface area contributed by atoms with Crippen LogP contribution in [0.5, 0.6) is 0 Å². The first kappa shape index (κ1) is 13.1. The second-order valence-electron chi connectivity index (χ2n) is 4.60. The maximum absolute atomic E-state index is 13.6. The SMILES string of the molecule is O=C1Nc2cc(I)c(F)cc2N2CCS(=O)(=O)CC12. The lowest BCUT2D eigenvalue weighted by Gasteiger charge is -2.40. The van der Waals surface area contributed by atoms with Crippen molar-refractivity contribution in [2.75, 3.05) is 28.3 Å². The van der Waals surface area contributed by atoms with Gasteiger partial charge in [0.2, 0.25) is 5.91 Å². The minimum Gasteiger partial charge on any atom is -0.356 e. The zero-order chi connectivity index (χ0) is 13.8. The van der Waals surface area contributed by atoms with Gasteiger partial charge >= 0.3 is 0 Å². The summed E-state index contributed by atoms with van der Waals surface area (Å²) in [4.78, 5) is 13.6. The fourth-order valence-electron chi connectivity index (χ4n) is 2.40. The lowest BCUT2D eigenvalue weighted by molar-refractivity contribution is -0.117. The Kier molecular flexibility index (Phi) is 2.97. The zero-order valence-electron chi connectivity index (χ0n) is 9.69. The van der Waals surface area contributed by atoms with Crippen molar-refractivity contribution in [3.8, 4) is 0 Å². The molecule has 0 aromatic heterocycles. The number of hydrogen-bond donors (Lipinski definition) is 1. The molecule has 5 nitrogen and oxygen atoms in total. The molecule has 2 heterocycles. The summed E-state index contributed by atoms with van der Waals surface area (Å²) >= 11 is 1.85. The van der Waals surface area contributed by atoms with Gasteiger partial charge in [-0.3, -0.25) is 4.79 Å². The number of carbonyl (C=O) groups excluding carboxylic acids is 1. The smallest absolute Gasteiger partial charge is 0.248 e. The molecule has 19 heavy (non-hydrogen) atoms. The summed E-state index contributed by atoms with van der Waals surface area (Å²) in [5.41, 5.74) is 1.09. The molecule has 0 saturated carbocycles. The van der Waals surface area contributed by atoms with Crippen LogP contribution in [0.25, 0.3) is 0 Å². The molecule has 3 rings (SSSR count). The van der Waals surface area contributed by atoms with Gasteiger partial charge in [0.05, 0.1) is 26.5 Å². The van der Waals surface area contributed by atoms with Crippen molar-refractivity contribution in [2.45, 2.75) is 6.04 Å². The number of benzene rings is 1. The number of rotatable bonds is 0. The van der Waals surface area contributed by atoms with E-state index in [1.807, 2.05) is 22.6 Å². The van der Waals surface area contributed by atoms with Gasteiger partial charge in [-0.1, -0.05) is 0 Å². The van der Waals surface area contributed by atoms with Gasteiger partial charge in [0.1, 0.15) is 11.9 Å². The van der Waals surface area contributed by atoms with Crippen molar-refractivity contribution >= 4 is 49.7 Å². The van der Waals surface area contributed by atoms with E-state index < -0.39 is 15.9 Å². The third-order valence-corrected chi connectivity index (χ3v) is 5.79. The predicted octanol–water partition coefficient (Wildman–Crippen LogP) is 0.986. The van der Waals surface area contributed by atoms with E-state index >= 15 is 0 Å². The highest BCUT2D eigenvalue weighted by molar-refractivity contribution is 14.1. The fourth-order valence-corrected chi connectivity index (χ4v) is 4.32. The average molecular weight is 396 g/mol. The number of carbonyl (C=O) groups is 1. The van der Waals surface area contributed by atoms with E-state index in [0.29, 0.717) is 14.9 Å². The molecule has 0 bridgehead atoms. The van der Waals surface area contributed by atoms with E-state index in [1.54, 1.807) is 11.0 Å². The van der Waals surface area contributed by atoms with E-state index in [0.717, 1.165) is 0 Å². The molecule has 1 fully saturated rings. The number of fused-ring (bicyclic) bond motifs is 3. The highest BCUT2D eigenvalue weighted by Gasteiger charge is 2.40. The first-order valence-electron chi connectivity index (χ1n) is 5.64. The Morgan fingerprint density at radius 2 is 2.16 bits per heavy atom. The minimum absolute atomic E-state index is 0.0101. The van der Waals surface area contributed by atoms with Crippen molar-refractivity contribution < 1.29 is 17.6 Å². The lowest BCUT2D eigenvalue weighted by atomic mass is 10.1. The van der Waals surface area contributed by atoms with Crippen molar-refractivity contribution in [2.24, 2.45) is 0 Å². The van der Waals surface area contributed by atoms with E-state index in [4.69, 9.17) is 0 Å². The highest BCUT2D eigenvalue weighted by Crippen LogP contribution is 2.36. The van der Waals surface area contributed by atoms with Crippen LogP contribution in [0.4, 0.5) is 15.8 Å². The normalized spacial score (nSPS) is 24.4. The summed E-state index contributed by atoms with van der Waals surface area (Å²) < 4.78 is 37.3. The van der Waals surface area contributed by atoms with Crippen molar-refractivity contribution in [3.05, 3.63) is 21.5 Å². The molecule has 8 heteroatoms. The molecule has 102 valence electrons. The number of nitrogens with zero attached hydrogens (tertiary/aromatic N) is 1. The largest absolute Gasteiger partial charge is 0.356 e. The molecule has 2 aliphatic rings. The zero-order valence-corrected chi connectivity index (χ0v) is 12.7. The Balaban J connectivity index is 2.09. The van der Waals surface area contributed by atoms with Gasteiger partial charge in [0, 0.05) is 12.6 Å². The van der Waals surface area contributed by atoms with Crippen molar-refractivity contribution in [3.63, 3.8) is 0 Å². The van der Waals surface area contributed by atoms with E-state index in [9.17, 15) is 17.6 Å². The second-order valence-corrected chi connectivity index (χ2v) is 7.99. The quantitative estimate of drug-likeness (QED) is 0.665. The van der Waals surface area contributed by atoms with E-state index in [2.05, 4.69) is 5.32 Å². The van der Waals surface area contributed by atoms with Gasteiger partial charge in [-0.05, 0) is 28.7 Å². The first-order valence-corrected chi connectivity index (χ1v) is 8.54. The summed E-state index contributed by atoms with van der Waals surface area (Å²) in [7, 11) is -3.20. The Labute approximate surface area is 123 Å². The van der Waals surface area contributed by atoms with Crippen LogP contribution in [0.3, 0.4) is 0 Å². The highest BCUT2D eigenvalue weighted by atomic mass is 127. The van der Waals surface area contributed by atoms with Crippen LogP contribution in [0.2, 0.25) is 0 Å². The standard InChI is InChI=1S/C11H10FIN2O3S/c12-6-3-9-8(4-7(6)13)14-11(16)10-5-19(17,18)2-1-15(9)10/h3-4,10H,1-2,5H2,(H,14,16). The van der Waals surface area contributed by atoms with Gasteiger partial charge in [-0.15, -0.1) is 0 Å². The van der Waals surface area contributed by atoms with Gasteiger partial charge in [0.25, 0.3) is 0 Å². The third kappa shape index (κ3) is 2.20. The minimum atomic E-state index is -3.20. The molecule has 2 aliphatic heterocycles. The van der Waals surface area contributed by atoms with Crippen LogP contribution < -0.4 is 10.2 Å². The molecule has 1 unspecified atom stereocenters. The summed E-state index contributed by atoms with van der Waals surface area (Å²) in [5, 5.41) is 2.65. The first-order chi connectivity index (χ1) is 8.87. The molecule has 0 spiro atoms. The fraction of sp³-hybridized carbons (Fsp3) is 0.364. The van der Waals surface area contributed by atoms with Crippen LogP contribution in [0.15, 0.2) is 12.1 Å². The molecule has 1 N–H and O–H groups in total. The van der Waals surface area contributed by atoms with Crippen molar-refractivity contribution in [1.29, 1.82) is 0 Å². The summed E-state index contributed by atoms with van der Waals surface area (Å²) in [5.74, 6) is -0.948. The molecule has 0 radical (unpaired) electrons. The number of halogens is 2. The molecular weight excluding hydrogens is 386 g/mol. The summed E-state index contributed by atoms with van der Waals surface area (Å²) in [6, 6.07) is 2.15. The van der Waals surface area contributed by atoms with Crippen LogP contribution >= 0.6 is 22.6 Å². The van der Waals surface area contributed by atoms with E-state index in [1.165, 1.54) is 6.07 Å². The van der Waals surface area contributed by atoms with Gasteiger partial charge in [-0.25, -0.2) is 12.8 Å². The van der Waals surface area contributed by atoms with Crippen LogP contribution in [0, 0.1) is 9.39 Å². The maximum atomic E-state index is 13.6. The summed E-state index contributed by atoms with van der Waals surface area (Å²) in [6.45, 7) is 0.216. The molecule has 1 saturated heterocycles. The molecular formula is C11H10FIN2O3S. The Morgan fingerprint density at radius 1 is 1.42 bits per heavy atom. The second kappa shape index (κ2) is 4.30. The number of nitrogens with one attached hydrogen (secondary N) is 1. The Morgan fingerprint density at radius 3 is 2.89 bits per heavy atom. The Hall–Kier alpha value is -0.900. The monoisotopic (exact) mass is 396 g/mol. The van der Waals surface area contributed by atoms with Crippen LogP contribution in [0.1, 0.15) is 0 Å². The van der Waals surface area contributed by atoms with E-state index in [-0.39, 0.29) is 29.8 Å². The van der Waals surface area contributed by atoms with Gasteiger partial charge in [0.15, 0.2) is 9.84 Å². The maximum Gasteiger partial charge on any atom is 0.248 e. The molecule has 1 aromatic rings. The van der Waals surface area contributed by atoms with Gasteiger partial charge < -0.3 is 10.2 Å². The number of anilines is 2.